The lowest BCUT2D eigenvalue weighted by Gasteiger charge is -2.02. The molecule has 0 saturated heterocycles. The predicted molar refractivity (Wildman–Crippen MR) is 86.6 cm³/mol. The number of halogens is 1. The van der Waals surface area contributed by atoms with Gasteiger partial charge in [0.2, 0.25) is 0 Å². The number of hydrogen-bond acceptors (Lipinski definition) is 5. The second-order valence-electron chi connectivity index (χ2n) is 4.04. The highest BCUT2D eigenvalue weighted by atomic mass is 79.9. The zero-order chi connectivity index (χ0) is 13.9. The molecule has 100 valence electrons. The quantitative estimate of drug-likeness (QED) is 0.390. The summed E-state index contributed by atoms with van der Waals surface area (Å²) in [6.45, 7) is 0. The van der Waals surface area contributed by atoms with E-state index in [0.717, 1.165) is 25.3 Å². The van der Waals surface area contributed by atoms with Crippen molar-refractivity contribution in [3.8, 4) is 0 Å². The number of nitrogens with zero attached hydrogens (tertiary/aromatic N) is 2. The van der Waals surface area contributed by atoms with Gasteiger partial charge in [-0.1, -0.05) is 39.8 Å². The maximum atomic E-state index is 12.1. The fraction of sp³-hybridized carbons (Fsp3) is 0.0714. The fourth-order valence-electron chi connectivity index (χ4n) is 1.74. The molecule has 0 spiro atoms. The van der Waals surface area contributed by atoms with Gasteiger partial charge in [-0.2, -0.15) is 0 Å². The largest absolute Gasteiger partial charge is 0.293 e. The van der Waals surface area contributed by atoms with E-state index in [1.807, 2.05) is 35.7 Å². The minimum atomic E-state index is 0.101. The van der Waals surface area contributed by atoms with E-state index >= 15 is 0 Å². The Hall–Kier alpha value is -1.24. The molecule has 0 aliphatic rings. The number of Topliss-reactive ketones (excluding diaryl/α,β-unsaturated/α-hetero) is 1. The molecule has 0 N–H and O–H groups in total. The summed E-state index contributed by atoms with van der Waals surface area (Å²) >= 11 is 6.40. The summed E-state index contributed by atoms with van der Waals surface area (Å²) in [5.41, 5.74) is 0.719. The number of thioether (sulfide) groups is 1. The van der Waals surface area contributed by atoms with Gasteiger partial charge in [0, 0.05) is 15.4 Å². The van der Waals surface area contributed by atoms with Crippen molar-refractivity contribution in [3.63, 3.8) is 0 Å². The average molecular weight is 365 g/mol. The number of carbonyl (C=O) groups is 1. The van der Waals surface area contributed by atoms with Crippen LogP contribution in [-0.2, 0) is 0 Å². The van der Waals surface area contributed by atoms with Crippen molar-refractivity contribution in [1.82, 2.24) is 9.97 Å². The summed E-state index contributed by atoms with van der Waals surface area (Å²) < 4.78 is 0.970. The zero-order valence-corrected chi connectivity index (χ0v) is 13.5. The number of ketones is 1. The van der Waals surface area contributed by atoms with Gasteiger partial charge in [-0.25, -0.2) is 9.97 Å². The van der Waals surface area contributed by atoms with E-state index in [0.29, 0.717) is 5.75 Å². The molecule has 1 aromatic carbocycles. The van der Waals surface area contributed by atoms with Gasteiger partial charge in [0.1, 0.15) is 16.2 Å². The van der Waals surface area contributed by atoms with Crippen LogP contribution in [0.2, 0.25) is 0 Å². The van der Waals surface area contributed by atoms with E-state index in [1.165, 1.54) is 11.8 Å². The highest BCUT2D eigenvalue weighted by Gasteiger charge is 2.10. The highest BCUT2D eigenvalue weighted by Crippen LogP contribution is 2.28. The Kier molecular flexibility index (Phi) is 4.14. The van der Waals surface area contributed by atoms with Crippen molar-refractivity contribution in [2.75, 3.05) is 5.75 Å². The molecule has 0 radical (unpaired) electrons. The Bertz CT molecular complexity index is 755. The molecule has 0 unspecified atom stereocenters. The molecule has 2 aromatic heterocycles. The van der Waals surface area contributed by atoms with E-state index in [4.69, 9.17) is 0 Å². The van der Waals surface area contributed by atoms with Crippen LogP contribution in [0.15, 0.2) is 51.5 Å². The first-order valence-electron chi connectivity index (χ1n) is 5.84. The van der Waals surface area contributed by atoms with Crippen LogP contribution in [0.5, 0.6) is 0 Å². The molecule has 2 heterocycles. The van der Waals surface area contributed by atoms with Gasteiger partial charge in [-0.15, -0.1) is 11.3 Å². The van der Waals surface area contributed by atoms with Gasteiger partial charge in [0.15, 0.2) is 5.78 Å². The molecule has 3 nitrogen and oxygen atoms in total. The minimum Gasteiger partial charge on any atom is -0.293 e. The number of fused-ring (bicyclic) bond motifs is 1. The number of benzene rings is 1. The number of thiophene rings is 1. The standard InChI is InChI=1S/C14H9BrN2OS2/c15-10-3-1-9(2-4-10)12(18)7-20-14-11-5-6-19-13(11)16-8-17-14/h1-6,8H,7H2. The van der Waals surface area contributed by atoms with Gasteiger partial charge < -0.3 is 0 Å². The van der Waals surface area contributed by atoms with Crippen LogP contribution in [0.4, 0.5) is 0 Å². The Morgan fingerprint density at radius 3 is 2.80 bits per heavy atom. The summed E-state index contributed by atoms with van der Waals surface area (Å²) in [5.74, 6) is 0.480. The molecule has 0 fully saturated rings. The Morgan fingerprint density at radius 1 is 1.20 bits per heavy atom. The van der Waals surface area contributed by atoms with Crippen molar-refractivity contribution < 1.29 is 4.79 Å². The van der Waals surface area contributed by atoms with Crippen molar-refractivity contribution in [2.24, 2.45) is 0 Å². The summed E-state index contributed by atoms with van der Waals surface area (Å²) in [7, 11) is 0. The summed E-state index contributed by atoms with van der Waals surface area (Å²) in [6.07, 6.45) is 1.55. The summed E-state index contributed by atoms with van der Waals surface area (Å²) in [6, 6.07) is 9.39. The second kappa shape index (κ2) is 6.03. The molecule has 20 heavy (non-hydrogen) atoms. The first-order valence-corrected chi connectivity index (χ1v) is 8.49. The van der Waals surface area contributed by atoms with Gasteiger partial charge in [0.05, 0.1) is 5.75 Å². The number of aromatic nitrogens is 2. The Labute approximate surface area is 132 Å². The van der Waals surface area contributed by atoms with Crippen molar-refractivity contribution in [2.45, 2.75) is 5.03 Å². The van der Waals surface area contributed by atoms with Crippen LogP contribution in [0.3, 0.4) is 0 Å². The van der Waals surface area contributed by atoms with Crippen molar-refractivity contribution in [3.05, 3.63) is 52.1 Å². The van der Waals surface area contributed by atoms with E-state index in [9.17, 15) is 4.79 Å². The molecule has 0 aliphatic carbocycles. The molecule has 6 heteroatoms. The molecule has 3 rings (SSSR count). The lowest BCUT2D eigenvalue weighted by molar-refractivity contribution is 0.102. The van der Waals surface area contributed by atoms with Crippen LogP contribution in [0, 0.1) is 0 Å². The fourth-order valence-corrected chi connectivity index (χ4v) is 3.67. The average Bonchev–Trinajstić information content (AvgIpc) is 2.94. The van der Waals surface area contributed by atoms with E-state index in [1.54, 1.807) is 17.7 Å². The smallest absolute Gasteiger partial charge is 0.173 e. The summed E-state index contributed by atoms with van der Waals surface area (Å²) in [5, 5.41) is 3.87. The Morgan fingerprint density at radius 2 is 2.00 bits per heavy atom. The third kappa shape index (κ3) is 2.92. The first-order chi connectivity index (χ1) is 9.74. The number of rotatable bonds is 4. The van der Waals surface area contributed by atoms with Crippen LogP contribution in [0.25, 0.3) is 10.2 Å². The lowest BCUT2D eigenvalue weighted by Crippen LogP contribution is -2.02. The molecule has 0 bridgehead atoms. The van der Waals surface area contributed by atoms with E-state index < -0.39 is 0 Å². The zero-order valence-electron chi connectivity index (χ0n) is 10.2. The van der Waals surface area contributed by atoms with Gasteiger partial charge >= 0.3 is 0 Å². The lowest BCUT2D eigenvalue weighted by atomic mass is 10.2. The third-order valence-electron chi connectivity index (χ3n) is 2.73. The molecule has 0 saturated carbocycles. The molecular formula is C14H9BrN2OS2. The van der Waals surface area contributed by atoms with E-state index in [2.05, 4.69) is 25.9 Å². The highest BCUT2D eigenvalue weighted by molar-refractivity contribution is 9.10. The SMILES string of the molecule is O=C(CSc1ncnc2sccc12)c1ccc(Br)cc1. The molecule has 0 aliphatic heterocycles. The third-order valence-corrected chi connectivity index (χ3v) is 5.09. The topological polar surface area (TPSA) is 42.9 Å². The van der Waals surface area contributed by atoms with Crippen LogP contribution < -0.4 is 0 Å². The van der Waals surface area contributed by atoms with Gasteiger partial charge in [-0.3, -0.25) is 4.79 Å². The predicted octanol–water partition coefficient (Wildman–Crippen LogP) is 4.43. The van der Waals surface area contributed by atoms with Crippen molar-refractivity contribution in [1.29, 1.82) is 0 Å². The maximum Gasteiger partial charge on any atom is 0.173 e. The second-order valence-corrected chi connectivity index (χ2v) is 6.81. The van der Waals surface area contributed by atoms with Crippen LogP contribution in [-0.4, -0.2) is 21.5 Å². The maximum absolute atomic E-state index is 12.1. The van der Waals surface area contributed by atoms with Crippen molar-refractivity contribution >= 4 is 55.0 Å². The minimum absolute atomic E-state index is 0.101. The number of hydrogen-bond donors (Lipinski definition) is 0. The molecular weight excluding hydrogens is 356 g/mol. The summed E-state index contributed by atoms with van der Waals surface area (Å²) in [4.78, 5) is 21.5. The first kappa shape index (κ1) is 13.7. The monoisotopic (exact) mass is 364 g/mol. The Balaban J connectivity index is 1.74. The molecule has 0 atom stereocenters. The van der Waals surface area contributed by atoms with Crippen LogP contribution in [0.1, 0.15) is 10.4 Å². The number of carbonyl (C=O) groups excluding carboxylic acids is 1. The molecule has 0 amide bonds. The molecule has 3 aromatic rings. The van der Waals surface area contributed by atoms with Gasteiger partial charge in [0.25, 0.3) is 0 Å². The van der Waals surface area contributed by atoms with Gasteiger partial charge in [-0.05, 0) is 23.6 Å². The van der Waals surface area contributed by atoms with Crippen LogP contribution >= 0.6 is 39.0 Å². The normalized spacial score (nSPS) is 10.8. The van der Waals surface area contributed by atoms with E-state index in [-0.39, 0.29) is 5.78 Å².